The number of hydrogen-bond donors (Lipinski definition) is 2. The molecule has 6 nitrogen and oxygen atoms in total. The summed E-state index contributed by atoms with van der Waals surface area (Å²) in [5.74, 6) is 0. The Bertz CT molecular complexity index is 634. The van der Waals surface area contributed by atoms with E-state index in [4.69, 9.17) is 5.11 Å². The second kappa shape index (κ2) is 8.26. The van der Waals surface area contributed by atoms with Crippen molar-refractivity contribution in [1.82, 2.24) is 0 Å². The molecule has 0 aliphatic carbocycles. The quantitative estimate of drug-likeness (QED) is 0.577. The lowest BCUT2D eigenvalue weighted by molar-refractivity contribution is -0.385. The monoisotopic (exact) mass is 316 g/mol. The van der Waals surface area contributed by atoms with Crippen molar-refractivity contribution in [2.75, 3.05) is 24.6 Å². The van der Waals surface area contributed by atoms with E-state index in [9.17, 15) is 15.2 Å². The van der Waals surface area contributed by atoms with Crippen LogP contribution in [0.25, 0.3) is 0 Å². The van der Waals surface area contributed by atoms with Gasteiger partial charge in [0.1, 0.15) is 0 Å². The average molecular weight is 316 g/mol. The van der Waals surface area contributed by atoms with E-state index in [1.807, 2.05) is 35.2 Å². The van der Waals surface area contributed by atoms with Gasteiger partial charge in [-0.05, 0) is 24.1 Å². The molecule has 0 heterocycles. The fourth-order valence-electron chi connectivity index (χ4n) is 2.39. The van der Waals surface area contributed by atoms with Crippen molar-refractivity contribution in [2.45, 2.75) is 12.5 Å². The average Bonchev–Trinajstić information content (AvgIpc) is 2.59. The number of aliphatic hydroxyl groups is 2. The predicted octanol–water partition coefficient (Wildman–Crippen LogP) is 2.52. The third kappa shape index (κ3) is 4.77. The second-order valence-corrected chi connectivity index (χ2v) is 5.23. The van der Waals surface area contributed by atoms with Gasteiger partial charge in [0, 0.05) is 37.5 Å². The van der Waals surface area contributed by atoms with Gasteiger partial charge in [-0.15, -0.1) is 0 Å². The molecule has 2 rings (SSSR count). The zero-order chi connectivity index (χ0) is 16.7. The number of para-hydroxylation sites is 1. The summed E-state index contributed by atoms with van der Waals surface area (Å²) >= 11 is 0. The Morgan fingerprint density at radius 3 is 2.52 bits per heavy atom. The van der Waals surface area contributed by atoms with Gasteiger partial charge >= 0.3 is 0 Å². The van der Waals surface area contributed by atoms with Crippen LogP contribution in [0.2, 0.25) is 0 Å². The number of nitrogens with zero attached hydrogens (tertiary/aromatic N) is 2. The third-order valence-corrected chi connectivity index (χ3v) is 3.57. The number of nitro benzene ring substituents is 1. The van der Waals surface area contributed by atoms with Crippen LogP contribution in [-0.4, -0.2) is 34.8 Å². The first-order valence-corrected chi connectivity index (χ1v) is 7.45. The van der Waals surface area contributed by atoms with Crippen LogP contribution >= 0.6 is 0 Å². The molecule has 0 aliphatic heterocycles. The molecule has 0 saturated carbocycles. The SMILES string of the molecule is O=[N+]([O-])c1cccc(C(O)CN(CCCO)c2ccccc2)c1. The van der Waals surface area contributed by atoms with E-state index in [1.54, 1.807) is 12.1 Å². The predicted molar refractivity (Wildman–Crippen MR) is 88.4 cm³/mol. The molecule has 0 aromatic heterocycles. The van der Waals surface area contributed by atoms with Gasteiger partial charge in [0.05, 0.1) is 11.0 Å². The molecule has 0 radical (unpaired) electrons. The maximum Gasteiger partial charge on any atom is 0.269 e. The van der Waals surface area contributed by atoms with Gasteiger partial charge in [0.25, 0.3) is 5.69 Å². The van der Waals surface area contributed by atoms with Crippen LogP contribution in [0, 0.1) is 10.1 Å². The van der Waals surface area contributed by atoms with E-state index < -0.39 is 11.0 Å². The minimum Gasteiger partial charge on any atom is -0.396 e. The topological polar surface area (TPSA) is 86.8 Å². The maximum atomic E-state index is 10.8. The molecule has 1 atom stereocenters. The van der Waals surface area contributed by atoms with Gasteiger partial charge in [-0.3, -0.25) is 10.1 Å². The van der Waals surface area contributed by atoms with Crippen molar-refractivity contribution in [2.24, 2.45) is 0 Å². The van der Waals surface area contributed by atoms with Crippen LogP contribution in [-0.2, 0) is 0 Å². The van der Waals surface area contributed by atoms with Crippen molar-refractivity contribution in [3.63, 3.8) is 0 Å². The highest BCUT2D eigenvalue weighted by Gasteiger charge is 2.16. The Kier molecular flexibility index (Phi) is 6.08. The normalized spacial score (nSPS) is 11.9. The number of nitro groups is 1. The van der Waals surface area contributed by atoms with Crippen LogP contribution in [0.3, 0.4) is 0 Å². The summed E-state index contributed by atoms with van der Waals surface area (Å²) in [6.07, 6.45) is -0.273. The molecule has 23 heavy (non-hydrogen) atoms. The van der Waals surface area contributed by atoms with Crippen molar-refractivity contribution < 1.29 is 15.1 Å². The fourth-order valence-corrected chi connectivity index (χ4v) is 2.39. The lowest BCUT2D eigenvalue weighted by Crippen LogP contribution is -2.30. The van der Waals surface area contributed by atoms with Crippen molar-refractivity contribution in [3.05, 3.63) is 70.3 Å². The summed E-state index contributed by atoms with van der Waals surface area (Å²) in [6.45, 7) is 0.952. The van der Waals surface area contributed by atoms with E-state index in [-0.39, 0.29) is 12.3 Å². The molecule has 2 aromatic carbocycles. The highest BCUT2D eigenvalue weighted by molar-refractivity contribution is 5.46. The number of non-ortho nitro benzene ring substituents is 1. The molecule has 0 amide bonds. The highest BCUT2D eigenvalue weighted by Crippen LogP contribution is 2.22. The first-order chi connectivity index (χ1) is 11.1. The number of hydrogen-bond acceptors (Lipinski definition) is 5. The van der Waals surface area contributed by atoms with Gasteiger partial charge in [-0.2, -0.15) is 0 Å². The van der Waals surface area contributed by atoms with Crippen LogP contribution in [0.1, 0.15) is 18.1 Å². The van der Waals surface area contributed by atoms with E-state index >= 15 is 0 Å². The number of benzene rings is 2. The number of aliphatic hydroxyl groups excluding tert-OH is 2. The van der Waals surface area contributed by atoms with Gasteiger partial charge in [-0.25, -0.2) is 0 Å². The summed E-state index contributed by atoms with van der Waals surface area (Å²) in [5.41, 5.74) is 1.40. The first kappa shape index (κ1) is 16.9. The molecule has 0 bridgehead atoms. The lowest BCUT2D eigenvalue weighted by atomic mass is 10.1. The summed E-state index contributed by atoms with van der Waals surface area (Å²) in [7, 11) is 0. The smallest absolute Gasteiger partial charge is 0.269 e. The van der Waals surface area contributed by atoms with Crippen LogP contribution in [0.5, 0.6) is 0 Å². The van der Waals surface area contributed by atoms with Crippen molar-refractivity contribution in [3.8, 4) is 0 Å². The molecule has 0 spiro atoms. The molecule has 0 aliphatic rings. The van der Waals surface area contributed by atoms with Gasteiger partial charge in [-0.1, -0.05) is 30.3 Å². The minimum atomic E-state index is -0.853. The fraction of sp³-hybridized carbons (Fsp3) is 0.294. The van der Waals surface area contributed by atoms with E-state index in [0.29, 0.717) is 25.1 Å². The molecule has 6 heteroatoms. The molecule has 2 aromatic rings. The van der Waals surface area contributed by atoms with Crippen LogP contribution < -0.4 is 4.90 Å². The molecule has 1 unspecified atom stereocenters. The van der Waals surface area contributed by atoms with Crippen LogP contribution in [0.4, 0.5) is 11.4 Å². The third-order valence-electron chi connectivity index (χ3n) is 3.57. The van der Waals surface area contributed by atoms with Gasteiger partial charge in [0.15, 0.2) is 0 Å². The zero-order valence-electron chi connectivity index (χ0n) is 12.7. The standard InChI is InChI=1S/C17H20N2O4/c20-11-5-10-18(15-7-2-1-3-8-15)13-17(21)14-6-4-9-16(12-14)19(22)23/h1-4,6-9,12,17,20-21H,5,10-11,13H2. The first-order valence-electron chi connectivity index (χ1n) is 7.45. The Morgan fingerprint density at radius 1 is 1.13 bits per heavy atom. The summed E-state index contributed by atoms with van der Waals surface area (Å²) in [5, 5.41) is 30.3. The van der Waals surface area contributed by atoms with Crippen molar-refractivity contribution >= 4 is 11.4 Å². The Balaban J connectivity index is 2.15. The summed E-state index contributed by atoms with van der Waals surface area (Å²) < 4.78 is 0. The zero-order valence-corrected chi connectivity index (χ0v) is 12.7. The summed E-state index contributed by atoms with van der Waals surface area (Å²) in [4.78, 5) is 12.3. The molecular weight excluding hydrogens is 296 g/mol. The molecule has 0 saturated heterocycles. The van der Waals surface area contributed by atoms with Crippen LogP contribution in [0.15, 0.2) is 54.6 Å². The van der Waals surface area contributed by atoms with E-state index in [0.717, 1.165) is 5.69 Å². The van der Waals surface area contributed by atoms with Gasteiger partial charge < -0.3 is 15.1 Å². The molecule has 2 N–H and O–H groups in total. The largest absolute Gasteiger partial charge is 0.396 e. The second-order valence-electron chi connectivity index (χ2n) is 5.23. The Labute approximate surface area is 134 Å². The summed E-state index contributed by atoms with van der Waals surface area (Å²) in [6, 6.07) is 15.6. The maximum absolute atomic E-state index is 10.8. The number of anilines is 1. The van der Waals surface area contributed by atoms with Gasteiger partial charge in [0.2, 0.25) is 0 Å². The highest BCUT2D eigenvalue weighted by atomic mass is 16.6. The van der Waals surface area contributed by atoms with E-state index in [1.165, 1.54) is 12.1 Å². The minimum absolute atomic E-state index is 0.0387. The van der Waals surface area contributed by atoms with Crippen molar-refractivity contribution in [1.29, 1.82) is 0 Å². The Hall–Kier alpha value is -2.44. The number of rotatable bonds is 8. The Morgan fingerprint density at radius 2 is 1.87 bits per heavy atom. The molecular formula is C17H20N2O4. The molecule has 0 fully saturated rings. The van der Waals surface area contributed by atoms with E-state index in [2.05, 4.69) is 0 Å². The lowest BCUT2D eigenvalue weighted by Gasteiger charge is -2.27. The molecule has 122 valence electrons.